The van der Waals surface area contributed by atoms with Crippen molar-refractivity contribution in [3.8, 4) is 22.5 Å². The van der Waals surface area contributed by atoms with Gasteiger partial charge in [-0.1, -0.05) is 112 Å². The van der Waals surface area contributed by atoms with Crippen LogP contribution >= 0.6 is 0 Å². The van der Waals surface area contributed by atoms with Gasteiger partial charge in [0, 0.05) is 30.6 Å². The average Bonchev–Trinajstić information content (AvgIpc) is 3.57. The van der Waals surface area contributed by atoms with Gasteiger partial charge in [-0.05, 0) is 49.8 Å². The number of carbonyl (C=O) groups excluding carboxylic acids is 3. The molecule has 0 atom stereocenters. The minimum absolute atomic E-state index is 0.0977. The second-order valence-electron chi connectivity index (χ2n) is 13.7. The third-order valence-corrected chi connectivity index (χ3v) is 9.42. The van der Waals surface area contributed by atoms with Gasteiger partial charge in [-0.2, -0.15) is 13.2 Å². The van der Waals surface area contributed by atoms with Crippen LogP contribution in [0.4, 0.5) is 18.9 Å². The van der Waals surface area contributed by atoms with E-state index in [9.17, 15) is 32.3 Å². The number of anilines is 1. The first-order chi connectivity index (χ1) is 26.6. The monoisotopic (exact) mass is 764 g/mol. The van der Waals surface area contributed by atoms with E-state index in [1.165, 1.54) is 31.8 Å². The molecule has 1 aliphatic rings. The summed E-state index contributed by atoms with van der Waals surface area (Å²) in [6.45, 7) is 0.576. The van der Waals surface area contributed by atoms with E-state index < -0.39 is 24.6 Å². The Bertz CT molecular complexity index is 1790. The summed E-state index contributed by atoms with van der Waals surface area (Å²) >= 11 is 0. The van der Waals surface area contributed by atoms with Crippen molar-refractivity contribution in [1.82, 2.24) is 20.3 Å². The third kappa shape index (κ3) is 13.9. The maximum Gasteiger partial charge on any atom is 0.471 e. The molecule has 11 nitrogen and oxygen atoms in total. The van der Waals surface area contributed by atoms with Crippen LogP contribution in [0.25, 0.3) is 22.5 Å². The minimum Gasteiger partial charge on any atom is -0.480 e. The molecule has 14 heteroatoms. The Morgan fingerprint density at radius 1 is 0.818 bits per heavy atom. The van der Waals surface area contributed by atoms with Crippen molar-refractivity contribution in [3.63, 3.8) is 0 Å². The fourth-order valence-electron chi connectivity index (χ4n) is 6.60. The van der Waals surface area contributed by atoms with E-state index in [4.69, 9.17) is 5.11 Å². The number of carbonyl (C=O) groups is 4. The fourth-order valence-corrected chi connectivity index (χ4v) is 6.60. The molecule has 1 aliphatic heterocycles. The highest BCUT2D eigenvalue weighted by Crippen LogP contribution is 2.41. The van der Waals surface area contributed by atoms with E-state index in [1.807, 2.05) is 64.6 Å². The summed E-state index contributed by atoms with van der Waals surface area (Å²) in [6, 6.07) is 15.6. The number of hydrogen-bond donors (Lipinski definition) is 2. The lowest BCUT2D eigenvalue weighted by molar-refractivity contribution is -0.173. The molecule has 2 amide bonds. The maximum absolute atomic E-state index is 13.7. The highest BCUT2D eigenvalue weighted by Gasteiger charge is 2.38. The van der Waals surface area contributed by atoms with Crippen molar-refractivity contribution >= 4 is 35.5 Å². The van der Waals surface area contributed by atoms with Crippen molar-refractivity contribution in [1.29, 1.82) is 0 Å². The molecule has 1 aromatic heterocycles. The number of ketones is 1. The molecular formula is C41H51F3N6O5. The summed E-state index contributed by atoms with van der Waals surface area (Å²) in [6.07, 6.45) is 13.0. The predicted molar refractivity (Wildman–Crippen MR) is 206 cm³/mol. The molecule has 4 rings (SSSR count). The quantitative estimate of drug-likeness (QED) is 0.0562. The second kappa shape index (κ2) is 22.3. The Morgan fingerprint density at radius 3 is 2.16 bits per heavy atom. The van der Waals surface area contributed by atoms with Crippen molar-refractivity contribution in [2.75, 3.05) is 18.0 Å². The Balaban J connectivity index is 1.22. The summed E-state index contributed by atoms with van der Waals surface area (Å²) in [5.41, 5.74) is 5.14. The van der Waals surface area contributed by atoms with E-state index in [1.54, 1.807) is 4.90 Å². The molecule has 0 fully saturated rings. The van der Waals surface area contributed by atoms with Crippen molar-refractivity contribution in [3.05, 3.63) is 66.2 Å². The first-order valence-electron chi connectivity index (χ1n) is 19.2. The number of fused-ring (bicyclic) bond motifs is 5. The first kappa shape index (κ1) is 42.6. The number of allylic oxidation sites excluding steroid dienone is 2. The van der Waals surface area contributed by atoms with Crippen LogP contribution in [0.5, 0.6) is 0 Å². The molecule has 2 aromatic carbocycles. The number of aliphatic carboxylic acids is 1. The van der Waals surface area contributed by atoms with Gasteiger partial charge in [0.25, 0.3) is 0 Å². The highest BCUT2D eigenvalue weighted by atomic mass is 19.4. The van der Waals surface area contributed by atoms with Gasteiger partial charge in [0.15, 0.2) is 5.78 Å². The maximum atomic E-state index is 13.7. The van der Waals surface area contributed by atoms with Gasteiger partial charge in [0.05, 0.1) is 24.1 Å². The van der Waals surface area contributed by atoms with E-state index in [0.717, 1.165) is 85.8 Å². The lowest BCUT2D eigenvalue weighted by atomic mass is 9.95. The Morgan fingerprint density at radius 2 is 1.45 bits per heavy atom. The van der Waals surface area contributed by atoms with Crippen LogP contribution in [-0.2, 0) is 32.3 Å². The number of benzene rings is 2. The number of para-hydroxylation sites is 1. The molecule has 2 heterocycles. The molecule has 2 N–H and O–H groups in total. The standard InChI is InChI=1S/C41H51F3N6O5/c42-41(43,44)40(55)46-26-18-11-13-25-36(52)49-30-31-20-14-15-22-33(31)39-38(34-23-16-17-24-35(34)49)47-48-50(39)27-19-10-8-6-4-2-1-3-5-7-9-12-21-32(51)28-45-29-37(53)54/h12,14-17,20-24,28H,1-11,13,18-19,25-27,29-30H2,(H,46,55)(H,53,54)/b21-12+,45-28?. The van der Waals surface area contributed by atoms with Crippen LogP contribution in [-0.4, -0.2) is 69.1 Å². The number of aromatic nitrogens is 3. The minimum atomic E-state index is -4.90. The number of carboxylic acid groups (broad SMARTS) is 1. The first-order valence-corrected chi connectivity index (χ1v) is 19.2. The average molecular weight is 765 g/mol. The number of unbranched alkanes of at least 4 members (excludes halogenated alkanes) is 12. The molecule has 3 aromatic rings. The Hall–Kier alpha value is -5.14. The molecule has 0 radical (unpaired) electrons. The summed E-state index contributed by atoms with van der Waals surface area (Å²) < 4.78 is 39.3. The van der Waals surface area contributed by atoms with E-state index >= 15 is 0 Å². The zero-order chi connectivity index (χ0) is 39.5. The van der Waals surface area contributed by atoms with Crippen LogP contribution in [0.15, 0.2) is 65.7 Å². The van der Waals surface area contributed by atoms with Crippen molar-refractivity contribution < 1.29 is 37.5 Å². The van der Waals surface area contributed by atoms with Gasteiger partial charge in [-0.3, -0.25) is 24.2 Å². The van der Waals surface area contributed by atoms with E-state index in [-0.39, 0.29) is 24.7 Å². The van der Waals surface area contributed by atoms with Crippen molar-refractivity contribution in [2.45, 2.75) is 116 Å². The molecule has 0 aliphatic carbocycles. The number of aliphatic imine (C=N–C) groups is 1. The van der Waals surface area contributed by atoms with E-state index in [2.05, 4.69) is 15.3 Å². The fraction of sp³-hybridized carbons (Fsp3) is 0.488. The SMILES string of the molecule is O=C(C=NCC(=O)O)/C=C/CCCCCCCCCCCCn1nnc2c1-c1ccccc1CN(C(=O)CCCCCNC(=O)C(F)(F)F)c1ccccc1-2. The molecule has 0 saturated heterocycles. The lowest BCUT2D eigenvalue weighted by Crippen LogP contribution is -2.37. The normalized spacial score (nSPS) is 12.6. The van der Waals surface area contributed by atoms with E-state index in [0.29, 0.717) is 31.5 Å². The van der Waals surface area contributed by atoms with Crippen LogP contribution in [0.3, 0.4) is 0 Å². The smallest absolute Gasteiger partial charge is 0.471 e. The molecule has 296 valence electrons. The summed E-state index contributed by atoms with van der Waals surface area (Å²) in [4.78, 5) is 52.0. The Labute approximate surface area is 320 Å². The third-order valence-electron chi connectivity index (χ3n) is 9.42. The molecule has 0 bridgehead atoms. The number of carboxylic acids is 1. The van der Waals surface area contributed by atoms with Crippen LogP contribution < -0.4 is 10.2 Å². The van der Waals surface area contributed by atoms with Gasteiger partial charge in [0.1, 0.15) is 12.2 Å². The van der Waals surface area contributed by atoms with Gasteiger partial charge in [0.2, 0.25) is 5.91 Å². The van der Waals surface area contributed by atoms with Crippen molar-refractivity contribution in [2.24, 2.45) is 4.99 Å². The second-order valence-corrected chi connectivity index (χ2v) is 13.7. The number of nitrogens with zero attached hydrogens (tertiary/aromatic N) is 5. The number of hydrogen-bond acceptors (Lipinski definition) is 7. The lowest BCUT2D eigenvalue weighted by Gasteiger charge is -2.28. The largest absolute Gasteiger partial charge is 0.480 e. The highest BCUT2D eigenvalue weighted by molar-refractivity contribution is 6.32. The zero-order valence-electron chi connectivity index (χ0n) is 31.2. The van der Waals surface area contributed by atoms with Crippen LogP contribution in [0, 0.1) is 0 Å². The molecular weight excluding hydrogens is 713 g/mol. The van der Waals surface area contributed by atoms with Crippen LogP contribution in [0.2, 0.25) is 0 Å². The topological polar surface area (TPSA) is 147 Å². The molecule has 0 unspecified atom stereocenters. The van der Waals surface area contributed by atoms with Gasteiger partial charge in [-0.25, -0.2) is 4.68 Å². The zero-order valence-corrected chi connectivity index (χ0v) is 31.2. The van der Waals surface area contributed by atoms with Crippen LogP contribution in [0.1, 0.15) is 102 Å². The van der Waals surface area contributed by atoms with Gasteiger partial charge >= 0.3 is 18.1 Å². The van der Waals surface area contributed by atoms with Gasteiger partial charge in [-0.15, -0.1) is 5.10 Å². The predicted octanol–water partition coefficient (Wildman–Crippen LogP) is 8.27. The number of rotatable bonds is 23. The summed E-state index contributed by atoms with van der Waals surface area (Å²) in [7, 11) is 0. The number of halogens is 3. The molecule has 0 spiro atoms. The Kier molecular flexibility index (Phi) is 17.3. The molecule has 0 saturated carbocycles. The summed E-state index contributed by atoms with van der Waals surface area (Å²) in [5, 5.41) is 19.6. The number of alkyl halides is 3. The van der Waals surface area contributed by atoms with Gasteiger partial charge < -0.3 is 15.3 Å². The number of aryl methyl sites for hydroxylation is 1. The summed E-state index contributed by atoms with van der Waals surface area (Å²) in [5.74, 6) is -3.41. The number of amides is 2. The number of nitrogens with one attached hydrogen (secondary N) is 1. The molecule has 55 heavy (non-hydrogen) atoms.